The molecule has 0 bridgehead atoms. The van der Waals surface area contributed by atoms with Gasteiger partial charge in [0.2, 0.25) is 0 Å². The minimum absolute atomic E-state index is 0.0783. The Bertz CT molecular complexity index is 277. The van der Waals surface area contributed by atoms with Gasteiger partial charge in [-0.2, -0.15) is 0 Å². The molecular formula is C13H25NO2S. The topological polar surface area (TPSA) is 52.3 Å². The van der Waals surface area contributed by atoms with Crippen molar-refractivity contribution in [2.75, 3.05) is 12.4 Å². The van der Waals surface area contributed by atoms with Crippen LogP contribution in [-0.4, -0.2) is 33.5 Å². The summed E-state index contributed by atoms with van der Waals surface area (Å²) in [4.78, 5) is 0. The van der Waals surface area contributed by atoms with Crippen LogP contribution in [0.5, 0.6) is 0 Å². The highest BCUT2D eigenvalue weighted by molar-refractivity contribution is 7.85. The van der Waals surface area contributed by atoms with E-state index in [1.54, 1.807) is 0 Å². The minimum atomic E-state index is -0.763. The Hall–Kier alpha value is 0.0700. The van der Waals surface area contributed by atoms with Crippen molar-refractivity contribution in [3.05, 3.63) is 0 Å². The molecule has 0 radical (unpaired) electrons. The van der Waals surface area contributed by atoms with Gasteiger partial charge in [0.1, 0.15) is 0 Å². The lowest BCUT2D eigenvalue weighted by Gasteiger charge is -2.38. The first-order valence-corrected chi connectivity index (χ1v) is 8.30. The number of ether oxygens (including phenoxy) is 1. The van der Waals surface area contributed by atoms with Crippen LogP contribution in [-0.2, 0) is 15.5 Å². The van der Waals surface area contributed by atoms with Crippen LogP contribution in [0.15, 0.2) is 0 Å². The van der Waals surface area contributed by atoms with Crippen molar-refractivity contribution in [1.29, 1.82) is 0 Å². The molecule has 1 heterocycles. The monoisotopic (exact) mass is 259 g/mol. The maximum absolute atomic E-state index is 12.3. The maximum atomic E-state index is 12.3. The van der Waals surface area contributed by atoms with E-state index in [4.69, 9.17) is 10.5 Å². The van der Waals surface area contributed by atoms with Crippen LogP contribution < -0.4 is 5.73 Å². The third-order valence-corrected chi connectivity index (χ3v) is 6.14. The third kappa shape index (κ3) is 3.30. The van der Waals surface area contributed by atoms with E-state index in [-0.39, 0.29) is 11.6 Å². The molecule has 1 aliphatic carbocycles. The van der Waals surface area contributed by atoms with Crippen LogP contribution in [0.1, 0.15) is 51.9 Å². The number of rotatable bonds is 4. The lowest BCUT2D eigenvalue weighted by atomic mass is 9.92. The van der Waals surface area contributed by atoms with Gasteiger partial charge in [-0.05, 0) is 32.1 Å². The van der Waals surface area contributed by atoms with Gasteiger partial charge in [-0.25, -0.2) is 0 Å². The largest absolute Gasteiger partial charge is 0.375 e. The van der Waals surface area contributed by atoms with Crippen molar-refractivity contribution in [3.63, 3.8) is 0 Å². The SMILES string of the molecule is CCC(N)CS(=O)C1CCOC2(CCCC2)C1. The molecule has 2 fully saturated rings. The van der Waals surface area contributed by atoms with Gasteiger partial charge in [0, 0.05) is 34.5 Å². The zero-order valence-corrected chi connectivity index (χ0v) is 11.6. The number of hydrogen-bond donors (Lipinski definition) is 1. The summed E-state index contributed by atoms with van der Waals surface area (Å²) in [5.41, 5.74) is 5.98. The minimum Gasteiger partial charge on any atom is -0.375 e. The lowest BCUT2D eigenvalue weighted by Crippen LogP contribution is -2.43. The molecule has 1 saturated heterocycles. The van der Waals surface area contributed by atoms with Gasteiger partial charge in [0.15, 0.2) is 0 Å². The van der Waals surface area contributed by atoms with Crippen molar-refractivity contribution in [3.8, 4) is 0 Å². The quantitative estimate of drug-likeness (QED) is 0.839. The summed E-state index contributed by atoms with van der Waals surface area (Å²) >= 11 is 0. The number of nitrogens with two attached hydrogens (primary N) is 1. The van der Waals surface area contributed by atoms with Gasteiger partial charge in [0.05, 0.1) is 5.60 Å². The predicted octanol–water partition coefficient (Wildman–Crippen LogP) is 1.96. The summed E-state index contributed by atoms with van der Waals surface area (Å²) in [7, 11) is -0.763. The van der Waals surface area contributed by atoms with E-state index < -0.39 is 10.8 Å². The molecule has 3 unspecified atom stereocenters. The first-order valence-electron chi connectivity index (χ1n) is 6.92. The molecule has 2 aliphatic rings. The molecule has 2 rings (SSSR count). The third-order valence-electron chi connectivity index (χ3n) is 4.24. The molecule has 0 aromatic heterocycles. The summed E-state index contributed by atoms with van der Waals surface area (Å²) in [6, 6.07) is 0.0956. The van der Waals surface area contributed by atoms with Crippen LogP contribution >= 0.6 is 0 Å². The molecule has 0 aromatic carbocycles. The molecule has 1 spiro atoms. The number of hydrogen-bond acceptors (Lipinski definition) is 3. The van der Waals surface area contributed by atoms with Crippen molar-refractivity contribution < 1.29 is 8.95 Å². The van der Waals surface area contributed by atoms with Crippen LogP contribution in [0, 0.1) is 0 Å². The second-order valence-corrected chi connectivity index (χ2v) is 7.33. The van der Waals surface area contributed by atoms with E-state index in [9.17, 15) is 4.21 Å². The zero-order chi connectivity index (χ0) is 12.3. The molecule has 1 aliphatic heterocycles. The summed E-state index contributed by atoms with van der Waals surface area (Å²) in [6.07, 6.45) is 7.74. The lowest BCUT2D eigenvalue weighted by molar-refractivity contribution is -0.0708. The summed E-state index contributed by atoms with van der Waals surface area (Å²) in [6.45, 7) is 2.85. The Balaban J connectivity index is 1.90. The van der Waals surface area contributed by atoms with E-state index in [1.807, 2.05) is 0 Å². The Morgan fingerprint density at radius 3 is 2.82 bits per heavy atom. The molecule has 1 saturated carbocycles. The Morgan fingerprint density at radius 2 is 2.18 bits per heavy atom. The van der Waals surface area contributed by atoms with E-state index >= 15 is 0 Å². The highest BCUT2D eigenvalue weighted by atomic mass is 32.2. The Morgan fingerprint density at radius 1 is 1.47 bits per heavy atom. The van der Waals surface area contributed by atoms with E-state index in [1.165, 1.54) is 25.7 Å². The molecule has 3 nitrogen and oxygen atoms in total. The first-order chi connectivity index (χ1) is 8.15. The van der Waals surface area contributed by atoms with Gasteiger partial charge in [0.25, 0.3) is 0 Å². The standard InChI is InChI=1S/C13H25NO2S/c1-2-11(14)10-17(15)12-5-8-16-13(9-12)6-3-4-7-13/h11-12H,2-10,14H2,1H3. The second-order valence-electron chi connectivity index (χ2n) is 5.57. The smallest absolute Gasteiger partial charge is 0.0694 e. The highest BCUT2D eigenvalue weighted by Crippen LogP contribution is 2.41. The normalized spacial score (nSPS) is 31.5. The molecule has 4 heteroatoms. The zero-order valence-electron chi connectivity index (χ0n) is 10.8. The predicted molar refractivity (Wildman–Crippen MR) is 71.4 cm³/mol. The molecule has 17 heavy (non-hydrogen) atoms. The average molecular weight is 259 g/mol. The molecule has 3 atom stereocenters. The maximum Gasteiger partial charge on any atom is 0.0694 e. The van der Waals surface area contributed by atoms with Gasteiger partial charge in [-0.3, -0.25) is 4.21 Å². The van der Waals surface area contributed by atoms with E-state index in [0.29, 0.717) is 11.0 Å². The molecule has 100 valence electrons. The molecule has 0 amide bonds. The molecular weight excluding hydrogens is 234 g/mol. The fourth-order valence-corrected chi connectivity index (χ4v) is 4.82. The molecule has 0 aromatic rings. The van der Waals surface area contributed by atoms with Crippen molar-refractivity contribution in [2.24, 2.45) is 5.73 Å². The molecule has 2 N–H and O–H groups in total. The van der Waals surface area contributed by atoms with Crippen LogP contribution in [0.4, 0.5) is 0 Å². The van der Waals surface area contributed by atoms with Crippen molar-refractivity contribution in [2.45, 2.75) is 68.8 Å². The fraction of sp³-hybridized carbons (Fsp3) is 1.00. The van der Waals surface area contributed by atoms with Gasteiger partial charge < -0.3 is 10.5 Å². The van der Waals surface area contributed by atoms with Gasteiger partial charge >= 0.3 is 0 Å². The fourth-order valence-electron chi connectivity index (χ4n) is 3.04. The van der Waals surface area contributed by atoms with Gasteiger partial charge in [-0.15, -0.1) is 0 Å². The van der Waals surface area contributed by atoms with Crippen molar-refractivity contribution in [1.82, 2.24) is 0 Å². The Kier molecular flexibility index (Phi) is 4.61. The first kappa shape index (κ1) is 13.5. The van der Waals surface area contributed by atoms with Crippen molar-refractivity contribution >= 4 is 10.8 Å². The highest BCUT2D eigenvalue weighted by Gasteiger charge is 2.41. The average Bonchev–Trinajstić information content (AvgIpc) is 2.77. The summed E-state index contributed by atoms with van der Waals surface area (Å²) < 4.78 is 18.3. The van der Waals surface area contributed by atoms with Crippen LogP contribution in [0.2, 0.25) is 0 Å². The summed E-state index contributed by atoms with van der Waals surface area (Å²) in [5.74, 6) is 0.664. The summed E-state index contributed by atoms with van der Waals surface area (Å²) in [5, 5.41) is 0.319. The van der Waals surface area contributed by atoms with E-state index in [2.05, 4.69) is 6.92 Å². The van der Waals surface area contributed by atoms with E-state index in [0.717, 1.165) is 25.9 Å². The second kappa shape index (κ2) is 5.81. The Labute approximate surface area is 107 Å². The van der Waals surface area contributed by atoms with Crippen LogP contribution in [0.25, 0.3) is 0 Å². The van der Waals surface area contributed by atoms with Gasteiger partial charge in [-0.1, -0.05) is 19.8 Å². The van der Waals surface area contributed by atoms with Crippen LogP contribution in [0.3, 0.4) is 0 Å².